The Morgan fingerprint density at radius 3 is 2.80 bits per heavy atom. The lowest BCUT2D eigenvalue weighted by Gasteiger charge is -2.34. The molecule has 1 unspecified atom stereocenters. The third kappa shape index (κ3) is 4.11. The Bertz CT molecular complexity index is 1050. The maximum Gasteiger partial charge on any atom is 0.387 e. The maximum atomic E-state index is 13.1. The fraction of sp³-hybridized carbons (Fsp3) is 0.227. The van der Waals surface area contributed by atoms with Gasteiger partial charge in [0, 0.05) is 27.9 Å². The lowest BCUT2D eigenvalue weighted by Crippen LogP contribution is -2.38. The highest BCUT2D eigenvalue weighted by atomic mass is 32.1. The normalized spacial score (nSPS) is 16.1. The molecule has 4 nitrogen and oxygen atoms in total. The summed E-state index contributed by atoms with van der Waals surface area (Å²) in [5.74, 6) is -0.0917. The van der Waals surface area contributed by atoms with Gasteiger partial charge < -0.3 is 14.4 Å². The second-order valence-corrected chi connectivity index (χ2v) is 8.57. The third-order valence-electron chi connectivity index (χ3n) is 4.90. The van der Waals surface area contributed by atoms with E-state index in [0.717, 1.165) is 16.9 Å². The Hall–Kier alpha value is -2.71. The van der Waals surface area contributed by atoms with Crippen molar-refractivity contribution in [2.75, 3.05) is 13.7 Å². The van der Waals surface area contributed by atoms with Gasteiger partial charge in [0.1, 0.15) is 0 Å². The quantitative estimate of drug-likeness (QED) is 0.461. The van der Waals surface area contributed by atoms with E-state index in [1.807, 2.05) is 22.4 Å². The van der Waals surface area contributed by atoms with E-state index in [0.29, 0.717) is 12.1 Å². The van der Waals surface area contributed by atoms with Gasteiger partial charge in [-0.1, -0.05) is 18.2 Å². The summed E-state index contributed by atoms with van der Waals surface area (Å²) in [5.41, 5.74) is 1.50. The van der Waals surface area contributed by atoms with E-state index in [1.165, 1.54) is 30.2 Å². The standard InChI is InChI=1S/C22H19F2NO3S2/c1-27-16-5-2-4-14(21(16)28-22(23)24)7-8-19(26)25-11-9-17-15(10-13-30-17)20(25)18-6-3-12-29-18/h2-8,10,12-13,20,22H,9,11H2,1H3/b8-7+. The van der Waals surface area contributed by atoms with Crippen molar-refractivity contribution in [2.45, 2.75) is 19.1 Å². The van der Waals surface area contributed by atoms with E-state index in [4.69, 9.17) is 4.74 Å². The van der Waals surface area contributed by atoms with Gasteiger partial charge in [-0.15, -0.1) is 22.7 Å². The summed E-state index contributed by atoms with van der Waals surface area (Å²) in [4.78, 5) is 17.3. The van der Waals surface area contributed by atoms with Crippen LogP contribution >= 0.6 is 22.7 Å². The summed E-state index contributed by atoms with van der Waals surface area (Å²) in [5, 5.41) is 4.05. The van der Waals surface area contributed by atoms with E-state index in [9.17, 15) is 13.6 Å². The molecule has 30 heavy (non-hydrogen) atoms. The molecule has 156 valence electrons. The van der Waals surface area contributed by atoms with Gasteiger partial charge in [-0.25, -0.2) is 0 Å². The maximum absolute atomic E-state index is 13.1. The Morgan fingerprint density at radius 2 is 2.07 bits per heavy atom. The molecule has 4 rings (SSSR count). The van der Waals surface area contributed by atoms with Gasteiger partial charge in [0.05, 0.1) is 13.2 Å². The molecule has 0 bridgehead atoms. The van der Waals surface area contributed by atoms with Crippen LogP contribution in [-0.4, -0.2) is 31.1 Å². The molecule has 1 atom stereocenters. The highest BCUT2D eigenvalue weighted by molar-refractivity contribution is 7.10. The van der Waals surface area contributed by atoms with Gasteiger partial charge in [0.2, 0.25) is 5.91 Å². The van der Waals surface area contributed by atoms with Crippen molar-refractivity contribution in [1.29, 1.82) is 0 Å². The van der Waals surface area contributed by atoms with Gasteiger partial charge in [-0.2, -0.15) is 8.78 Å². The van der Waals surface area contributed by atoms with Gasteiger partial charge in [0.15, 0.2) is 11.5 Å². The molecule has 0 spiro atoms. The lowest BCUT2D eigenvalue weighted by atomic mass is 9.98. The monoisotopic (exact) mass is 447 g/mol. The molecule has 3 aromatic rings. The molecular formula is C22H19F2NO3S2. The van der Waals surface area contributed by atoms with Gasteiger partial charge in [-0.05, 0) is 47.0 Å². The molecule has 0 saturated heterocycles. The van der Waals surface area contributed by atoms with Crippen LogP contribution in [0.25, 0.3) is 6.08 Å². The fourth-order valence-corrected chi connectivity index (χ4v) is 5.36. The summed E-state index contributed by atoms with van der Waals surface area (Å²) >= 11 is 3.32. The van der Waals surface area contributed by atoms with Crippen LogP contribution in [0.4, 0.5) is 8.78 Å². The second-order valence-electron chi connectivity index (χ2n) is 6.59. The van der Waals surface area contributed by atoms with Crippen molar-refractivity contribution >= 4 is 34.7 Å². The average molecular weight is 448 g/mol. The number of rotatable bonds is 6. The molecule has 1 aliphatic rings. The highest BCUT2D eigenvalue weighted by Gasteiger charge is 2.32. The van der Waals surface area contributed by atoms with Gasteiger partial charge in [0.25, 0.3) is 0 Å². The molecular weight excluding hydrogens is 428 g/mol. The van der Waals surface area contributed by atoms with Crippen molar-refractivity contribution in [1.82, 2.24) is 4.90 Å². The van der Waals surface area contributed by atoms with Crippen LogP contribution in [0, 0.1) is 0 Å². The van der Waals surface area contributed by atoms with Crippen LogP contribution < -0.4 is 9.47 Å². The molecule has 1 amide bonds. The van der Waals surface area contributed by atoms with Crippen molar-refractivity contribution in [2.24, 2.45) is 0 Å². The summed E-state index contributed by atoms with van der Waals surface area (Å²) < 4.78 is 35.5. The van der Waals surface area contributed by atoms with Crippen LogP contribution in [0.2, 0.25) is 0 Å². The Morgan fingerprint density at radius 1 is 1.20 bits per heavy atom. The van der Waals surface area contributed by atoms with E-state index in [-0.39, 0.29) is 23.4 Å². The van der Waals surface area contributed by atoms with E-state index >= 15 is 0 Å². The zero-order valence-electron chi connectivity index (χ0n) is 16.1. The first-order valence-corrected chi connectivity index (χ1v) is 11.0. The number of thiophene rings is 2. The third-order valence-corrected chi connectivity index (χ3v) is 6.82. The number of hydrogen-bond acceptors (Lipinski definition) is 5. The number of fused-ring (bicyclic) bond motifs is 1. The predicted molar refractivity (Wildman–Crippen MR) is 115 cm³/mol. The zero-order valence-corrected chi connectivity index (χ0v) is 17.7. The minimum atomic E-state index is -2.99. The number of carbonyl (C=O) groups excluding carboxylic acids is 1. The number of methoxy groups -OCH3 is 1. The Balaban J connectivity index is 1.63. The van der Waals surface area contributed by atoms with Crippen molar-refractivity contribution in [3.8, 4) is 11.5 Å². The van der Waals surface area contributed by atoms with Crippen LogP contribution in [0.3, 0.4) is 0 Å². The number of amides is 1. The summed E-state index contributed by atoms with van der Waals surface area (Å²) in [7, 11) is 1.38. The molecule has 3 heterocycles. The number of ether oxygens (including phenoxy) is 2. The molecule has 1 aromatic carbocycles. The summed E-state index contributed by atoms with van der Waals surface area (Å²) in [6.45, 7) is -2.40. The number of alkyl halides is 2. The summed E-state index contributed by atoms with van der Waals surface area (Å²) in [6.07, 6.45) is 3.70. The zero-order chi connectivity index (χ0) is 21.1. The molecule has 0 fully saturated rings. The first-order valence-electron chi connectivity index (χ1n) is 9.28. The molecule has 8 heteroatoms. The first-order chi connectivity index (χ1) is 14.6. The minimum absolute atomic E-state index is 0.0902. The number of para-hydroxylation sites is 1. The minimum Gasteiger partial charge on any atom is -0.493 e. The topological polar surface area (TPSA) is 38.8 Å². The van der Waals surface area contributed by atoms with Gasteiger partial charge in [-0.3, -0.25) is 4.79 Å². The largest absolute Gasteiger partial charge is 0.493 e. The number of halogens is 2. The Labute approximate surface area is 181 Å². The molecule has 1 aliphatic heterocycles. The number of carbonyl (C=O) groups is 1. The summed E-state index contributed by atoms with van der Waals surface area (Å²) in [6, 6.07) is 10.7. The number of nitrogens with zero attached hydrogens (tertiary/aromatic N) is 1. The van der Waals surface area contributed by atoms with Crippen LogP contribution in [-0.2, 0) is 11.2 Å². The molecule has 0 aliphatic carbocycles. The molecule has 0 N–H and O–H groups in total. The SMILES string of the molecule is COc1cccc(/C=C/C(=O)N2CCc3sccc3C2c2cccs2)c1OC(F)F. The highest BCUT2D eigenvalue weighted by Crippen LogP contribution is 2.40. The van der Waals surface area contributed by atoms with Crippen LogP contribution in [0.5, 0.6) is 11.5 Å². The van der Waals surface area contributed by atoms with E-state index < -0.39 is 6.61 Å². The molecule has 0 radical (unpaired) electrons. The van der Waals surface area contributed by atoms with Gasteiger partial charge >= 0.3 is 6.61 Å². The molecule has 0 saturated carbocycles. The van der Waals surface area contributed by atoms with E-state index in [2.05, 4.69) is 16.2 Å². The van der Waals surface area contributed by atoms with Crippen LogP contribution in [0.15, 0.2) is 53.2 Å². The van der Waals surface area contributed by atoms with Crippen molar-refractivity contribution < 1.29 is 23.0 Å². The number of hydrogen-bond donors (Lipinski definition) is 0. The second kappa shape index (κ2) is 8.97. The average Bonchev–Trinajstić information content (AvgIpc) is 3.43. The Kier molecular flexibility index (Phi) is 6.15. The predicted octanol–water partition coefficient (Wildman–Crippen LogP) is 5.61. The van der Waals surface area contributed by atoms with E-state index in [1.54, 1.807) is 34.8 Å². The smallest absolute Gasteiger partial charge is 0.387 e. The van der Waals surface area contributed by atoms with Crippen LogP contribution in [0.1, 0.15) is 26.9 Å². The number of benzene rings is 1. The first kappa shape index (κ1) is 20.6. The molecule has 2 aromatic heterocycles. The van der Waals surface area contributed by atoms with Crippen molar-refractivity contribution in [3.05, 3.63) is 74.1 Å². The lowest BCUT2D eigenvalue weighted by molar-refractivity contribution is -0.127. The van der Waals surface area contributed by atoms with Crippen molar-refractivity contribution in [3.63, 3.8) is 0 Å². The fourth-order valence-electron chi connectivity index (χ4n) is 3.60.